The number of halogens is 2. The topological polar surface area (TPSA) is 68.2 Å². The molecule has 3 aromatic carbocycles. The fraction of sp³-hybridized carbons (Fsp3) is 0.125. The summed E-state index contributed by atoms with van der Waals surface area (Å²) in [7, 11) is -3.70. The average Bonchev–Trinajstić information content (AvgIpc) is 3.12. The SMILES string of the molecule is Cc1ccc(CS(=O)(=O)c2cn(CC(=O)Nc3cc(F)ccc3F)c3ccccc23)cc1. The van der Waals surface area contributed by atoms with Crippen LogP contribution >= 0.6 is 0 Å². The number of sulfone groups is 1. The van der Waals surface area contributed by atoms with E-state index in [1.165, 1.54) is 10.8 Å². The summed E-state index contributed by atoms with van der Waals surface area (Å²) < 4.78 is 55.1. The van der Waals surface area contributed by atoms with Crippen LogP contribution in [-0.4, -0.2) is 18.9 Å². The summed E-state index contributed by atoms with van der Waals surface area (Å²) in [6.45, 7) is 1.66. The van der Waals surface area contributed by atoms with E-state index in [1.807, 2.05) is 19.1 Å². The molecule has 32 heavy (non-hydrogen) atoms. The smallest absolute Gasteiger partial charge is 0.244 e. The van der Waals surface area contributed by atoms with Crippen molar-refractivity contribution in [2.24, 2.45) is 0 Å². The normalized spacial score (nSPS) is 11.6. The molecule has 0 fully saturated rings. The largest absolute Gasteiger partial charge is 0.337 e. The van der Waals surface area contributed by atoms with Crippen LogP contribution in [0.4, 0.5) is 14.5 Å². The first kappa shape index (κ1) is 21.7. The Bertz CT molecular complexity index is 1410. The fourth-order valence-corrected chi connectivity index (χ4v) is 5.09. The summed E-state index contributed by atoms with van der Waals surface area (Å²) in [5.74, 6) is -2.24. The molecule has 0 spiro atoms. The van der Waals surface area contributed by atoms with Crippen LogP contribution in [0.15, 0.2) is 77.8 Å². The molecule has 5 nitrogen and oxygen atoms in total. The number of aromatic nitrogens is 1. The van der Waals surface area contributed by atoms with Crippen LogP contribution in [-0.2, 0) is 26.9 Å². The lowest BCUT2D eigenvalue weighted by atomic mass is 10.2. The molecule has 0 aliphatic rings. The van der Waals surface area contributed by atoms with Crippen molar-refractivity contribution in [2.75, 3.05) is 5.32 Å². The van der Waals surface area contributed by atoms with Gasteiger partial charge < -0.3 is 9.88 Å². The Labute approximate surface area is 184 Å². The molecule has 1 aromatic heterocycles. The van der Waals surface area contributed by atoms with E-state index in [0.29, 0.717) is 16.5 Å². The first-order valence-corrected chi connectivity index (χ1v) is 11.5. The lowest BCUT2D eigenvalue weighted by molar-refractivity contribution is -0.116. The first-order chi connectivity index (χ1) is 15.2. The van der Waals surface area contributed by atoms with Crippen molar-refractivity contribution < 1.29 is 22.0 Å². The lowest BCUT2D eigenvalue weighted by Gasteiger charge is -2.08. The summed E-state index contributed by atoms with van der Waals surface area (Å²) >= 11 is 0. The minimum atomic E-state index is -3.70. The zero-order chi connectivity index (χ0) is 22.9. The van der Waals surface area contributed by atoms with Crippen LogP contribution in [0.2, 0.25) is 0 Å². The number of amides is 1. The molecule has 0 aliphatic carbocycles. The van der Waals surface area contributed by atoms with Crippen LogP contribution in [0.5, 0.6) is 0 Å². The molecule has 1 N–H and O–H groups in total. The molecule has 1 heterocycles. The minimum Gasteiger partial charge on any atom is -0.337 e. The van der Waals surface area contributed by atoms with Crippen molar-refractivity contribution in [1.82, 2.24) is 4.57 Å². The van der Waals surface area contributed by atoms with Gasteiger partial charge in [0.2, 0.25) is 5.91 Å². The molecule has 1 amide bonds. The Morgan fingerprint density at radius 3 is 2.47 bits per heavy atom. The van der Waals surface area contributed by atoms with Crippen LogP contribution in [0.1, 0.15) is 11.1 Å². The Hall–Kier alpha value is -3.52. The monoisotopic (exact) mass is 454 g/mol. The highest BCUT2D eigenvalue weighted by molar-refractivity contribution is 7.90. The van der Waals surface area contributed by atoms with Gasteiger partial charge in [-0.05, 0) is 30.7 Å². The summed E-state index contributed by atoms with van der Waals surface area (Å²) in [6.07, 6.45) is 1.41. The summed E-state index contributed by atoms with van der Waals surface area (Å²) in [6, 6.07) is 16.8. The number of rotatable bonds is 6. The maximum absolute atomic E-state index is 13.8. The zero-order valence-corrected chi connectivity index (χ0v) is 18.0. The van der Waals surface area contributed by atoms with Gasteiger partial charge in [0.05, 0.1) is 16.3 Å². The number of hydrogen-bond acceptors (Lipinski definition) is 3. The maximum atomic E-state index is 13.8. The highest BCUT2D eigenvalue weighted by Crippen LogP contribution is 2.28. The first-order valence-electron chi connectivity index (χ1n) is 9.84. The van der Waals surface area contributed by atoms with Crippen LogP contribution in [0.25, 0.3) is 10.9 Å². The number of fused-ring (bicyclic) bond motifs is 1. The highest BCUT2D eigenvalue weighted by Gasteiger charge is 2.22. The van der Waals surface area contributed by atoms with Crippen molar-refractivity contribution >= 4 is 32.3 Å². The fourth-order valence-electron chi connectivity index (χ4n) is 3.51. The number of carbonyl (C=O) groups excluding carboxylic acids is 1. The van der Waals surface area contributed by atoms with E-state index in [9.17, 15) is 22.0 Å². The van der Waals surface area contributed by atoms with Crippen molar-refractivity contribution in [3.05, 3.63) is 95.7 Å². The van der Waals surface area contributed by atoms with Crippen molar-refractivity contribution in [3.8, 4) is 0 Å². The summed E-state index contributed by atoms with van der Waals surface area (Å²) in [5, 5.41) is 2.82. The van der Waals surface area contributed by atoms with Gasteiger partial charge in [0, 0.05) is 23.2 Å². The Morgan fingerprint density at radius 2 is 1.72 bits per heavy atom. The number of anilines is 1. The van der Waals surface area contributed by atoms with Gasteiger partial charge >= 0.3 is 0 Å². The molecular formula is C24H20F2N2O3S. The van der Waals surface area contributed by atoms with Gasteiger partial charge in [-0.15, -0.1) is 0 Å². The number of hydrogen-bond donors (Lipinski definition) is 1. The van der Waals surface area contributed by atoms with Crippen LogP contribution in [0, 0.1) is 18.6 Å². The van der Waals surface area contributed by atoms with Gasteiger partial charge in [0.1, 0.15) is 18.2 Å². The predicted octanol–water partition coefficient (Wildman–Crippen LogP) is 4.84. The number of para-hydroxylation sites is 1. The summed E-state index contributed by atoms with van der Waals surface area (Å²) in [5.41, 5.74) is 1.96. The molecule has 4 aromatic rings. The van der Waals surface area contributed by atoms with E-state index >= 15 is 0 Å². The van der Waals surface area contributed by atoms with Gasteiger partial charge in [-0.3, -0.25) is 4.79 Å². The second-order valence-electron chi connectivity index (χ2n) is 7.56. The van der Waals surface area contributed by atoms with Gasteiger partial charge in [-0.1, -0.05) is 48.0 Å². The van der Waals surface area contributed by atoms with Gasteiger partial charge in [0.15, 0.2) is 9.84 Å². The van der Waals surface area contributed by atoms with Crippen molar-refractivity contribution in [3.63, 3.8) is 0 Å². The molecule has 4 rings (SSSR count). The van der Waals surface area contributed by atoms with E-state index in [-0.39, 0.29) is 22.9 Å². The lowest BCUT2D eigenvalue weighted by Crippen LogP contribution is -2.19. The molecule has 0 aliphatic heterocycles. The van der Waals surface area contributed by atoms with Crippen LogP contribution in [0.3, 0.4) is 0 Å². The van der Waals surface area contributed by atoms with Gasteiger partial charge in [0.25, 0.3) is 0 Å². The summed E-state index contributed by atoms with van der Waals surface area (Å²) in [4.78, 5) is 12.6. The highest BCUT2D eigenvalue weighted by atomic mass is 32.2. The van der Waals surface area contributed by atoms with E-state index in [0.717, 1.165) is 23.8 Å². The maximum Gasteiger partial charge on any atom is 0.244 e. The van der Waals surface area contributed by atoms with Crippen molar-refractivity contribution in [1.29, 1.82) is 0 Å². The molecule has 8 heteroatoms. The second-order valence-corrected chi connectivity index (χ2v) is 9.51. The standard InChI is InChI=1S/C24H20F2N2O3S/c1-16-6-8-17(9-7-16)15-32(30,31)23-13-28(22-5-3-2-4-19(22)23)14-24(29)27-21-12-18(25)10-11-20(21)26/h2-13H,14-15H2,1H3,(H,27,29). The quantitative estimate of drug-likeness (QED) is 0.453. The molecule has 0 unspecified atom stereocenters. The second kappa shape index (κ2) is 8.55. The molecule has 0 atom stereocenters. The number of carbonyl (C=O) groups is 1. The Balaban J connectivity index is 1.64. The molecule has 0 saturated carbocycles. The zero-order valence-electron chi connectivity index (χ0n) is 17.2. The van der Waals surface area contributed by atoms with Crippen LogP contribution < -0.4 is 5.32 Å². The number of aryl methyl sites for hydroxylation is 1. The predicted molar refractivity (Wildman–Crippen MR) is 119 cm³/mol. The van der Waals surface area contributed by atoms with Crippen molar-refractivity contribution in [2.45, 2.75) is 24.1 Å². The number of nitrogens with one attached hydrogen (secondary N) is 1. The molecule has 0 saturated heterocycles. The average molecular weight is 454 g/mol. The van der Waals surface area contributed by atoms with E-state index in [1.54, 1.807) is 36.4 Å². The van der Waals surface area contributed by atoms with E-state index in [2.05, 4.69) is 5.32 Å². The third-order valence-corrected chi connectivity index (χ3v) is 6.79. The Kier molecular flexibility index (Phi) is 5.80. The third-order valence-electron chi connectivity index (χ3n) is 5.08. The molecule has 0 bridgehead atoms. The number of benzene rings is 3. The van der Waals surface area contributed by atoms with E-state index < -0.39 is 27.4 Å². The molecular weight excluding hydrogens is 434 g/mol. The molecule has 0 radical (unpaired) electrons. The van der Waals surface area contributed by atoms with Gasteiger partial charge in [-0.2, -0.15) is 0 Å². The number of nitrogens with zero attached hydrogens (tertiary/aromatic N) is 1. The van der Waals surface area contributed by atoms with Gasteiger partial charge in [-0.25, -0.2) is 17.2 Å². The third kappa shape index (κ3) is 4.55. The minimum absolute atomic E-state index is 0.110. The van der Waals surface area contributed by atoms with E-state index in [4.69, 9.17) is 0 Å². The Morgan fingerprint density at radius 1 is 1.00 bits per heavy atom. The molecule has 164 valence electrons.